The van der Waals surface area contributed by atoms with E-state index in [1.165, 1.54) is 11.1 Å². The van der Waals surface area contributed by atoms with Gasteiger partial charge >= 0.3 is 0 Å². The molecular formula is C11H19NO. The molecule has 0 aromatic heterocycles. The fraction of sp³-hybridized carbons (Fsp3) is 0.455. The normalized spacial score (nSPS) is 13.2. The fourth-order valence-corrected chi connectivity index (χ4v) is 0.793. The minimum Gasteiger partial charge on any atom is -0.395 e. The van der Waals surface area contributed by atoms with E-state index in [-0.39, 0.29) is 6.61 Å². The van der Waals surface area contributed by atoms with Gasteiger partial charge in [0.2, 0.25) is 0 Å². The predicted molar refractivity (Wildman–Crippen MR) is 57.7 cm³/mol. The fourth-order valence-electron chi connectivity index (χ4n) is 0.793. The van der Waals surface area contributed by atoms with Crippen molar-refractivity contribution >= 4 is 0 Å². The van der Waals surface area contributed by atoms with E-state index in [0.717, 1.165) is 6.54 Å². The van der Waals surface area contributed by atoms with Crippen molar-refractivity contribution in [3.05, 3.63) is 36.0 Å². The van der Waals surface area contributed by atoms with Crippen LogP contribution >= 0.6 is 0 Å². The molecule has 0 aliphatic carbocycles. The van der Waals surface area contributed by atoms with Crippen LogP contribution in [0.15, 0.2) is 36.0 Å². The molecule has 0 amide bonds. The van der Waals surface area contributed by atoms with Crippen molar-refractivity contribution in [3.63, 3.8) is 0 Å². The van der Waals surface area contributed by atoms with Gasteiger partial charge in [0.1, 0.15) is 0 Å². The summed E-state index contributed by atoms with van der Waals surface area (Å²) >= 11 is 0. The van der Waals surface area contributed by atoms with Crippen molar-refractivity contribution in [2.24, 2.45) is 0 Å². The Kier molecular flexibility index (Phi) is 7.26. The monoisotopic (exact) mass is 181 g/mol. The van der Waals surface area contributed by atoms with E-state index in [1.807, 2.05) is 19.1 Å². The molecule has 0 radical (unpaired) electrons. The quantitative estimate of drug-likeness (QED) is 0.482. The van der Waals surface area contributed by atoms with Crippen LogP contribution in [-0.4, -0.2) is 24.8 Å². The minimum absolute atomic E-state index is 0.189. The zero-order chi connectivity index (χ0) is 10.1. The Morgan fingerprint density at radius 2 is 2.08 bits per heavy atom. The highest BCUT2D eigenvalue weighted by molar-refractivity contribution is 5.28. The van der Waals surface area contributed by atoms with E-state index in [0.29, 0.717) is 6.54 Å². The minimum atomic E-state index is 0.189. The number of aliphatic hydroxyl groups excluding tert-OH is 1. The molecule has 0 unspecified atom stereocenters. The number of hydrogen-bond donors (Lipinski definition) is 2. The van der Waals surface area contributed by atoms with Crippen LogP contribution in [0.2, 0.25) is 0 Å². The molecule has 0 fully saturated rings. The van der Waals surface area contributed by atoms with Gasteiger partial charge in [0.15, 0.2) is 0 Å². The maximum Gasteiger partial charge on any atom is 0.0556 e. The number of aliphatic hydroxyl groups is 1. The molecule has 0 aliphatic heterocycles. The molecule has 0 aliphatic rings. The van der Waals surface area contributed by atoms with Crippen molar-refractivity contribution in [2.75, 3.05) is 19.7 Å². The highest BCUT2D eigenvalue weighted by Crippen LogP contribution is 2.04. The van der Waals surface area contributed by atoms with Crippen LogP contribution in [0.3, 0.4) is 0 Å². The lowest BCUT2D eigenvalue weighted by Crippen LogP contribution is -2.17. The van der Waals surface area contributed by atoms with Gasteiger partial charge in [-0.3, -0.25) is 0 Å². The molecule has 0 bridgehead atoms. The maximum atomic E-state index is 8.49. The Morgan fingerprint density at radius 1 is 1.38 bits per heavy atom. The summed E-state index contributed by atoms with van der Waals surface area (Å²) in [6.45, 7) is 9.42. The lowest BCUT2D eigenvalue weighted by Gasteiger charge is -1.98. The largest absolute Gasteiger partial charge is 0.395 e. The Labute approximate surface area is 80.7 Å². The third-order valence-corrected chi connectivity index (χ3v) is 1.85. The molecule has 2 heteroatoms. The summed E-state index contributed by atoms with van der Waals surface area (Å²) in [5, 5.41) is 11.6. The third kappa shape index (κ3) is 6.31. The molecular weight excluding hydrogens is 162 g/mol. The smallest absolute Gasteiger partial charge is 0.0556 e. The zero-order valence-corrected chi connectivity index (χ0v) is 8.51. The number of allylic oxidation sites excluding steroid dienone is 4. The average Bonchev–Trinajstić information content (AvgIpc) is 2.16. The Bertz CT molecular complexity index is 204. The maximum absolute atomic E-state index is 8.49. The average molecular weight is 181 g/mol. The van der Waals surface area contributed by atoms with Gasteiger partial charge in [0, 0.05) is 13.1 Å². The Balaban J connectivity index is 3.78. The summed E-state index contributed by atoms with van der Waals surface area (Å²) in [4.78, 5) is 0. The topological polar surface area (TPSA) is 32.3 Å². The summed E-state index contributed by atoms with van der Waals surface area (Å²) in [6, 6.07) is 0. The van der Waals surface area contributed by atoms with Crippen LogP contribution < -0.4 is 5.32 Å². The second-order valence-corrected chi connectivity index (χ2v) is 2.90. The van der Waals surface area contributed by atoms with Gasteiger partial charge in [-0.2, -0.15) is 0 Å². The van der Waals surface area contributed by atoms with E-state index in [1.54, 1.807) is 0 Å². The molecule has 0 rings (SSSR count). The summed E-state index contributed by atoms with van der Waals surface area (Å²) in [5.74, 6) is 0. The van der Waals surface area contributed by atoms with Gasteiger partial charge in [-0.1, -0.05) is 24.8 Å². The number of nitrogens with one attached hydrogen (secondary N) is 1. The van der Waals surface area contributed by atoms with Gasteiger partial charge in [-0.15, -0.1) is 0 Å². The van der Waals surface area contributed by atoms with Crippen molar-refractivity contribution in [2.45, 2.75) is 13.8 Å². The van der Waals surface area contributed by atoms with Crippen LogP contribution in [0.1, 0.15) is 13.8 Å². The van der Waals surface area contributed by atoms with Gasteiger partial charge in [-0.05, 0) is 25.0 Å². The SMILES string of the molecule is C=C/C(C)=C(C)\C=C/CNCCO. The predicted octanol–water partition coefficient (Wildman–Crippen LogP) is 1.65. The molecule has 0 saturated carbocycles. The molecule has 0 spiro atoms. The lowest BCUT2D eigenvalue weighted by molar-refractivity contribution is 0.294. The van der Waals surface area contributed by atoms with E-state index < -0.39 is 0 Å². The van der Waals surface area contributed by atoms with Crippen LogP contribution in [0.4, 0.5) is 0 Å². The van der Waals surface area contributed by atoms with Gasteiger partial charge in [0.25, 0.3) is 0 Å². The first-order valence-corrected chi connectivity index (χ1v) is 4.50. The van der Waals surface area contributed by atoms with Crippen LogP contribution in [0, 0.1) is 0 Å². The van der Waals surface area contributed by atoms with Crippen molar-refractivity contribution in [1.29, 1.82) is 0 Å². The first kappa shape index (κ1) is 12.1. The molecule has 0 heterocycles. The number of hydrogen-bond acceptors (Lipinski definition) is 2. The van der Waals surface area contributed by atoms with Crippen molar-refractivity contribution in [1.82, 2.24) is 5.32 Å². The van der Waals surface area contributed by atoms with E-state index in [9.17, 15) is 0 Å². The molecule has 0 aromatic rings. The number of rotatable bonds is 6. The molecule has 2 N–H and O–H groups in total. The molecule has 0 atom stereocenters. The van der Waals surface area contributed by atoms with Crippen molar-refractivity contribution < 1.29 is 5.11 Å². The highest BCUT2D eigenvalue weighted by atomic mass is 16.3. The van der Waals surface area contributed by atoms with Gasteiger partial charge in [-0.25, -0.2) is 0 Å². The highest BCUT2D eigenvalue weighted by Gasteiger charge is 1.86. The van der Waals surface area contributed by atoms with Crippen LogP contribution in [0.5, 0.6) is 0 Å². The zero-order valence-electron chi connectivity index (χ0n) is 8.51. The molecule has 74 valence electrons. The second kappa shape index (κ2) is 7.77. The Morgan fingerprint density at radius 3 is 2.62 bits per heavy atom. The second-order valence-electron chi connectivity index (χ2n) is 2.90. The summed E-state index contributed by atoms with van der Waals surface area (Å²) < 4.78 is 0. The van der Waals surface area contributed by atoms with Gasteiger partial charge < -0.3 is 10.4 Å². The molecule has 0 saturated heterocycles. The van der Waals surface area contributed by atoms with Crippen LogP contribution in [-0.2, 0) is 0 Å². The Hall–Kier alpha value is -0.860. The van der Waals surface area contributed by atoms with Crippen molar-refractivity contribution in [3.8, 4) is 0 Å². The molecule has 13 heavy (non-hydrogen) atoms. The van der Waals surface area contributed by atoms with Crippen LogP contribution in [0.25, 0.3) is 0 Å². The molecule has 0 aromatic carbocycles. The first-order valence-electron chi connectivity index (χ1n) is 4.50. The summed E-state index contributed by atoms with van der Waals surface area (Å²) in [5.41, 5.74) is 2.42. The van der Waals surface area contributed by atoms with Gasteiger partial charge in [0.05, 0.1) is 6.61 Å². The van der Waals surface area contributed by atoms with E-state index in [4.69, 9.17) is 5.11 Å². The standard InChI is InChI=1S/C11H19NO/c1-4-10(2)11(3)6-5-7-12-8-9-13/h4-6,12-13H,1,7-9H2,2-3H3/b6-5-,11-10-. The lowest BCUT2D eigenvalue weighted by atomic mass is 10.1. The summed E-state index contributed by atoms with van der Waals surface area (Å²) in [7, 11) is 0. The van der Waals surface area contributed by atoms with E-state index in [2.05, 4.69) is 24.9 Å². The summed E-state index contributed by atoms with van der Waals surface area (Å²) in [6.07, 6.45) is 5.94. The van der Waals surface area contributed by atoms with E-state index >= 15 is 0 Å². The third-order valence-electron chi connectivity index (χ3n) is 1.85. The first-order chi connectivity index (χ1) is 6.22. The molecule has 2 nitrogen and oxygen atoms in total.